The fourth-order valence-electron chi connectivity index (χ4n) is 2.56. The van der Waals surface area contributed by atoms with Crippen molar-refractivity contribution in [3.8, 4) is 17.1 Å². The molecule has 0 saturated carbocycles. The normalized spacial score (nSPS) is 11.0. The number of hydrogen-bond acceptors (Lipinski definition) is 3. The van der Waals surface area contributed by atoms with E-state index in [2.05, 4.69) is 4.98 Å². The molecule has 4 nitrogen and oxygen atoms in total. The van der Waals surface area contributed by atoms with Gasteiger partial charge < -0.3 is 9.67 Å². The number of phenols is 1. The van der Waals surface area contributed by atoms with Crippen LogP contribution >= 0.6 is 0 Å². The van der Waals surface area contributed by atoms with Gasteiger partial charge >= 0.3 is 0 Å². The van der Waals surface area contributed by atoms with Gasteiger partial charge in [0.1, 0.15) is 11.6 Å². The van der Waals surface area contributed by atoms with Crippen molar-refractivity contribution in [1.82, 2.24) is 9.55 Å². The molecule has 1 N–H and O–H groups in total. The average Bonchev–Trinajstić information content (AvgIpc) is 2.75. The Morgan fingerprint density at radius 3 is 2.62 bits per heavy atom. The molecule has 0 saturated heterocycles. The number of nitrogens with zero attached hydrogens (tertiary/aromatic N) is 2. The molecule has 3 rings (SSSR count). The summed E-state index contributed by atoms with van der Waals surface area (Å²) in [5.74, 6) is 1.10. The van der Waals surface area contributed by atoms with E-state index in [9.17, 15) is 9.90 Å². The molecule has 0 spiro atoms. The lowest BCUT2D eigenvalue weighted by Crippen LogP contribution is -1.94. The summed E-state index contributed by atoms with van der Waals surface area (Å²) in [7, 11) is 1.95. The predicted octanol–water partition coefficient (Wildman–Crippen LogP) is 3.46. The number of benzene rings is 2. The lowest BCUT2D eigenvalue weighted by atomic mass is 10.1. The Bertz CT molecular complexity index is 863. The third-order valence-corrected chi connectivity index (χ3v) is 3.74. The summed E-state index contributed by atoms with van der Waals surface area (Å²) < 4.78 is 2.00. The van der Waals surface area contributed by atoms with Gasteiger partial charge in [0, 0.05) is 18.2 Å². The predicted molar refractivity (Wildman–Crippen MR) is 82.6 cm³/mol. The second kappa shape index (κ2) is 4.74. The quantitative estimate of drug-likeness (QED) is 0.731. The van der Waals surface area contributed by atoms with Crippen LogP contribution in [0.5, 0.6) is 5.75 Å². The molecule has 3 aromatic rings. The number of aromatic hydroxyl groups is 1. The highest BCUT2D eigenvalue weighted by Crippen LogP contribution is 2.28. The number of phenolic OH excluding ortho intramolecular Hbond substituents is 1. The first kappa shape index (κ1) is 13.4. The van der Waals surface area contributed by atoms with E-state index in [1.165, 1.54) is 0 Å². The fourth-order valence-corrected chi connectivity index (χ4v) is 2.56. The Balaban J connectivity index is 2.23. The summed E-state index contributed by atoms with van der Waals surface area (Å²) in [6, 6.07) is 10.8. The number of aryl methyl sites for hydroxylation is 2. The highest BCUT2D eigenvalue weighted by atomic mass is 16.3. The molecule has 1 heterocycles. The molecular formula is C17H16N2O2. The van der Waals surface area contributed by atoms with E-state index in [1.54, 1.807) is 19.1 Å². The number of hydrogen-bond donors (Lipinski definition) is 1. The first-order chi connectivity index (χ1) is 9.97. The van der Waals surface area contributed by atoms with E-state index in [-0.39, 0.29) is 11.5 Å². The summed E-state index contributed by atoms with van der Waals surface area (Å²) in [4.78, 5) is 16.1. The Hall–Kier alpha value is -2.62. The van der Waals surface area contributed by atoms with E-state index >= 15 is 0 Å². The molecular weight excluding hydrogens is 264 g/mol. The highest BCUT2D eigenvalue weighted by molar-refractivity contribution is 5.97. The highest BCUT2D eigenvalue weighted by Gasteiger charge is 2.13. The molecule has 0 amide bonds. The van der Waals surface area contributed by atoms with Gasteiger partial charge in [0.05, 0.1) is 11.0 Å². The smallest absolute Gasteiger partial charge is 0.159 e. The second-order valence-electron chi connectivity index (χ2n) is 5.25. The van der Waals surface area contributed by atoms with Crippen molar-refractivity contribution in [1.29, 1.82) is 0 Å². The number of ketones is 1. The molecule has 0 unspecified atom stereocenters. The van der Waals surface area contributed by atoms with Gasteiger partial charge in [-0.15, -0.1) is 0 Å². The summed E-state index contributed by atoms with van der Waals surface area (Å²) >= 11 is 0. The van der Waals surface area contributed by atoms with Gasteiger partial charge in [-0.3, -0.25) is 4.79 Å². The Morgan fingerprint density at radius 1 is 1.19 bits per heavy atom. The Kier molecular flexibility index (Phi) is 3.01. The summed E-state index contributed by atoms with van der Waals surface area (Å²) in [6.45, 7) is 3.49. The first-order valence-corrected chi connectivity index (χ1v) is 6.75. The molecule has 106 valence electrons. The van der Waals surface area contributed by atoms with Gasteiger partial charge in [-0.1, -0.05) is 0 Å². The van der Waals surface area contributed by atoms with Crippen molar-refractivity contribution >= 4 is 16.8 Å². The van der Waals surface area contributed by atoms with Crippen LogP contribution in [0, 0.1) is 6.92 Å². The maximum Gasteiger partial charge on any atom is 0.159 e. The SMILES string of the molecule is CC(=O)c1ccc2c(c1)nc(-c1ccc(O)cc1C)n2C. The summed E-state index contributed by atoms with van der Waals surface area (Å²) in [5, 5.41) is 9.53. The fraction of sp³-hybridized carbons (Fsp3) is 0.176. The van der Waals surface area contributed by atoms with Crippen LogP contribution in [0.4, 0.5) is 0 Å². The number of rotatable bonds is 2. The van der Waals surface area contributed by atoms with Gasteiger partial charge in [-0.2, -0.15) is 0 Å². The van der Waals surface area contributed by atoms with Gasteiger partial charge in [-0.05, 0) is 55.8 Å². The number of aromatic nitrogens is 2. The van der Waals surface area contributed by atoms with Gasteiger partial charge in [0.15, 0.2) is 5.78 Å². The van der Waals surface area contributed by atoms with Crippen LogP contribution in [0.3, 0.4) is 0 Å². The van der Waals surface area contributed by atoms with Crippen molar-refractivity contribution < 1.29 is 9.90 Å². The average molecular weight is 280 g/mol. The standard InChI is InChI=1S/C17H16N2O2/c1-10-8-13(21)5-6-14(10)17-18-15-9-12(11(2)20)4-7-16(15)19(17)3/h4-9,21H,1-3H3. The molecule has 0 aliphatic rings. The van der Waals surface area contributed by atoms with Crippen molar-refractivity contribution in [2.45, 2.75) is 13.8 Å². The van der Waals surface area contributed by atoms with Crippen LogP contribution < -0.4 is 0 Å². The van der Waals surface area contributed by atoms with E-state index < -0.39 is 0 Å². The molecule has 0 fully saturated rings. The number of Topliss-reactive ketones (excluding diaryl/α,β-unsaturated/α-hetero) is 1. The van der Waals surface area contributed by atoms with Crippen molar-refractivity contribution in [3.63, 3.8) is 0 Å². The molecule has 2 aromatic carbocycles. The zero-order valence-corrected chi connectivity index (χ0v) is 12.2. The van der Waals surface area contributed by atoms with Crippen LogP contribution in [0.25, 0.3) is 22.4 Å². The van der Waals surface area contributed by atoms with Gasteiger partial charge in [0.2, 0.25) is 0 Å². The molecule has 0 bridgehead atoms. The van der Waals surface area contributed by atoms with Crippen LogP contribution in [0.2, 0.25) is 0 Å². The van der Waals surface area contributed by atoms with Crippen molar-refractivity contribution in [3.05, 3.63) is 47.5 Å². The van der Waals surface area contributed by atoms with Gasteiger partial charge in [0.25, 0.3) is 0 Å². The molecule has 0 atom stereocenters. The number of fused-ring (bicyclic) bond motifs is 1. The molecule has 0 radical (unpaired) electrons. The molecule has 4 heteroatoms. The van der Waals surface area contributed by atoms with Crippen molar-refractivity contribution in [2.75, 3.05) is 0 Å². The third kappa shape index (κ3) is 2.18. The lowest BCUT2D eigenvalue weighted by molar-refractivity contribution is 0.101. The van der Waals surface area contributed by atoms with E-state index in [4.69, 9.17) is 0 Å². The second-order valence-corrected chi connectivity index (χ2v) is 5.25. The molecule has 21 heavy (non-hydrogen) atoms. The first-order valence-electron chi connectivity index (χ1n) is 6.75. The zero-order valence-electron chi connectivity index (χ0n) is 12.2. The van der Waals surface area contributed by atoms with Crippen LogP contribution in [-0.2, 0) is 7.05 Å². The maximum absolute atomic E-state index is 11.5. The minimum atomic E-state index is 0.0323. The minimum absolute atomic E-state index is 0.0323. The third-order valence-electron chi connectivity index (χ3n) is 3.74. The topological polar surface area (TPSA) is 55.1 Å². The number of carbonyl (C=O) groups is 1. The van der Waals surface area contributed by atoms with E-state index in [0.717, 1.165) is 28.0 Å². The molecule has 0 aliphatic carbocycles. The summed E-state index contributed by atoms with van der Waals surface area (Å²) in [6.07, 6.45) is 0. The van der Waals surface area contributed by atoms with Crippen LogP contribution in [-0.4, -0.2) is 20.4 Å². The zero-order chi connectivity index (χ0) is 15.1. The monoisotopic (exact) mass is 280 g/mol. The lowest BCUT2D eigenvalue weighted by Gasteiger charge is -2.06. The Morgan fingerprint density at radius 2 is 1.95 bits per heavy atom. The van der Waals surface area contributed by atoms with Crippen molar-refractivity contribution in [2.24, 2.45) is 7.05 Å². The van der Waals surface area contributed by atoms with Crippen LogP contribution in [0.15, 0.2) is 36.4 Å². The molecule has 0 aliphatic heterocycles. The maximum atomic E-state index is 11.5. The number of carbonyl (C=O) groups excluding carboxylic acids is 1. The largest absolute Gasteiger partial charge is 0.508 e. The number of imidazole rings is 1. The van der Waals surface area contributed by atoms with Crippen LogP contribution in [0.1, 0.15) is 22.8 Å². The van der Waals surface area contributed by atoms with E-state index in [0.29, 0.717) is 5.56 Å². The van der Waals surface area contributed by atoms with Gasteiger partial charge in [-0.25, -0.2) is 4.98 Å². The molecule has 1 aromatic heterocycles. The minimum Gasteiger partial charge on any atom is -0.508 e. The summed E-state index contributed by atoms with van der Waals surface area (Å²) in [5.41, 5.74) is 4.36. The van der Waals surface area contributed by atoms with E-state index in [1.807, 2.05) is 42.8 Å². The Labute approximate surface area is 122 Å².